The van der Waals surface area contributed by atoms with Crippen molar-refractivity contribution in [1.29, 1.82) is 0 Å². The third-order valence-corrected chi connectivity index (χ3v) is 27.4. The molecule has 0 aliphatic heterocycles. The maximum atomic E-state index is 2.59. The Morgan fingerprint density at radius 1 is 0.641 bits per heavy atom. The Balaban J connectivity index is 0.00000210. The van der Waals surface area contributed by atoms with E-state index in [1.807, 2.05) is 0 Å². The van der Waals surface area contributed by atoms with Crippen molar-refractivity contribution in [2.45, 2.75) is 78.6 Å². The van der Waals surface area contributed by atoms with E-state index in [2.05, 4.69) is 115 Å². The maximum Gasteiger partial charge on any atom is -1.00 e. The average molecular weight is 654 g/mol. The van der Waals surface area contributed by atoms with Crippen LogP contribution in [0.1, 0.15) is 97.9 Å². The molecule has 0 spiro atoms. The molecule has 4 heteroatoms. The molecule has 2 atom stereocenters. The summed E-state index contributed by atoms with van der Waals surface area (Å²) >= 11 is -3.03. The first-order valence-electron chi connectivity index (χ1n) is 14.3. The zero-order valence-electron chi connectivity index (χ0n) is 24.5. The van der Waals surface area contributed by atoms with Gasteiger partial charge in [0.2, 0.25) is 0 Å². The standard InChI is InChI=1S/2C14H17.C7H7.2ClH.H2Si.Zr/c2*1-4-5-13-11(3)6-7-12-8-10(2)9-14(12)13;1-7-5-3-2-4-6-7;;;;/h2*6-9H,4-5H2,1-3H3;2-6H,1H2;2*1H;1H2;/q;;;;;;+2/p-2. The van der Waals surface area contributed by atoms with Gasteiger partial charge in [0.1, 0.15) is 0 Å². The Labute approximate surface area is 255 Å². The molecule has 0 saturated heterocycles. The Morgan fingerprint density at radius 3 is 1.49 bits per heavy atom. The first-order chi connectivity index (χ1) is 17.8. The summed E-state index contributed by atoms with van der Waals surface area (Å²) < 4.78 is 2.52. The van der Waals surface area contributed by atoms with Crippen LogP contribution in [0.25, 0.3) is 12.2 Å². The molecule has 205 valence electrons. The molecular weight excluding hydrogens is 611 g/mol. The monoisotopic (exact) mass is 651 g/mol. The van der Waals surface area contributed by atoms with Crippen LogP contribution in [-0.4, -0.2) is 6.88 Å². The fraction of sp³-hybridized carbons (Fsp3) is 0.371. The molecule has 0 nitrogen and oxygen atoms in total. The molecule has 0 heterocycles. The SMILES string of the molecule is CCCc1c(C)ccc2c1C=C(C)[CH]2[Zr+2](=[SiH2])([CH2]c1ccccc1)[CH]1C(C)=Cc2c1ccc(C)c2CCC.[Cl-].[Cl-]. The molecule has 2 aliphatic rings. The largest absolute Gasteiger partial charge is 1.00 e. The molecule has 0 fully saturated rings. The summed E-state index contributed by atoms with van der Waals surface area (Å²) in [5, 5.41) is 0. The smallest absolute Gasteiger partial charge is 1.00 e. The van der Waals surface area contributed by atoms with Crippen LogP contribution in [0.2, 0.25) is 0 Å². The van der Waals surface area contributed by atoms with Crippen LogP contribution in [0.3, 0.4) is 0 Å². The van der Waals surface area contributed by atoms with Crippen LogP contribution in [0.4, 0.5) is 0 Å². The van der Waals surface area contributed by atoms with Crippen molar-refractivity contribution < 1.29 is 43.7 Å². The molecule has 3 aromatic rings. The van der Waals surface area contributed by atoms with Gasteiger partial charge < -0.3 is 24.8 Å². The van der Waals surface area contributed by atoms with Gasteiger partial charge in [-0.2, -0.15) is 0 Å². The summed E-state index contributed by atoms with van der Waals surface area (Å²) in [5.41, 5.74) is 17.4. The van der Waals surface area contributed by atoms with Crippen LogP contribution in [0.15, 0.2) is 65.7 Å². The van der Waals surface area contributed by atoms with Gasteiger partial charge in [0.05, 0.1) is 0 Å². The van der Waals surface area contributed by atoms with Gasteiger partial charge in [-0.1, -0.05) is 0 Å². The summed E-state index contributed by atoms with van der Waals surface area (Å²) in [7, 11) is 0. The quantitative estimate of drug-likeness (QED) is 0.329. The van der Waals surface area contributed by atoms with Crippen LogP contribution in [-0.2, 0) is 35.9 Å². The van der Waals surface area contributed by atoms with E-state index < -0.39 is 18.9 Å². The van der Waals surface area contributed by atoms with Gasteiger partial charge in [-0.25, -0.2) is 0 Å². The molecule has 0 N–H and O–H groups in total. The fourth-order valence-corrected chi connectivity index (χ4v) is 29.1. The van der Waals surface area contributed by atoms with Crippen LogP contribution < -0.4 is 24.8 Å². The number of benzene rings is 3. The number of allylic oxidation sites excluding steroid dienone is 2. The van der Waals surface area contributed by atoms with E-state index in [1.54, 1.807) is 44.5 Å². The Kier molecular flexibility index (Phi) is 10.9. The molecule has 0 aromatic heterocycles. The zero-order chi connectivity index (χ0) is 26.3. The van der Waals surface area contributed by atoms with E-state index in [0.717, 1.165) is 0 Å². The number of hydrogen-bond acceptors (Lipinski definition) is 0. The average Bonchev–Trinajstić information content (AvgIpc) is 3.40. The summed E-state index contributed by atoms with van der Waals surface area (Å²) in [6, 6.07) is 21.3. The van der Waals surface area contributed by atoms with E-state index in [0.29, 0.717) is 7.25 Å². The minimum absolute atomic E-state index is 0. The second kappa shape index (κ2) is 13.2. The van der Waals surface area contributed by atoms with Gasteiger partial charge in [-0.15, -0.1) is 0 Å². The number of aryl methyl sites for hydroxylation is 2. The third kappa shape index (κ3) is 5.79. The van der Waals surface area contributed by atoms with Crippen molar-refractivity contribution in [2.75, 3.05) is 0 Å². The number of fused-ring (bicyclic) bond motifs is 2. The second-order valence-corrected chi connectivity index (χ2v) is 29.3. The van der Waals surface area contributed by atoms with Crippen LogP contribution >= 0.6 is 0 Å². The van der Waals surface area contributed by atoms with Crippen LogP contribution in [0, 0.1) is 13.8 Å². The predicted molar refractivity (Wildman–Crippen MR) is 162 cm³/mol. The van der Waals surface area contributed by atoms with Crippen LogP contribution in [0.5, 0.6) is 0 Å². The van der Waals surface area contributed by atoms with E-state index >= 15 is 0 Å². The molecule has 0 bridgehead atoms. The van der Waals surface area contributed by atoms with Crippen molar-refractivity contribution in [1.82, 2.24) is 0 Å². The van der Waals surface area contributed by atoms with E-state index in [9.17, 15) is 0 Å². The number of halogens is 2. The number of hydrogen-bond donors (Lipinski definition) is 0. The molecule has 2 aliphatic carbocycles. The van der Waals surface area contributed by atoms with Gasteiger partial charge in [-0.05, 0) is 0 Å². The van der Waals surface area contributed by atoms with Crippen molar-refractivity contribution in [3.05, 3.63) is 116 Å². The summed E-state index contributed by atoms with van der Waals surface area (Å²) in [6.45, 7) is 16.7. The maximum absolute atomic E-state index is 3.03. The molecule has 3 aromatic carbocycles. The van der Waals surface area contributed by atoms with Crippen molar-refractivity contribution >= 4 is 19.0 Å². The van der Waals surface area contributed by atoms with E-state index in [4.69, 9.17) is 0 Å². The molecule has 2 unspecified atom stereocenters. The summed E-state index contributed by atoms with van der Waals surface area (Å²) in [4.78, 5) is 0. The molecule has 0 saturated carbocycles. The topological polar surface area (TPSA) is 0 Å². The Hall–Kier alpha value is -1.18. The van der Waals surface area contributed by atoms with Crippen molar-refractivity contribution in [3.63, 3.8) is 0 Å². The Bertz CT molecular complexity index is 1360. The summed E-state index contributed by atoms with van der Waals surface area (Å²) in [6.07, 6.45) is 9.97. The number of rotatable bonds is 8. The third-order valence-electron chi connectivity index (χ3n) is 9.05. The second-order valence-electron chi connectivity index (χ2n) is 11.8. The molecule has 0 amide bonds. The molecule has 39 heavy (non-hydrogen) atoms. The normalized spacial score (nSPS) is 17.9. The summed E-state index contributed by atoms with van der Waals surface area (Å²) in [5.74, 6) is 0. The first kappa shape index (κ1) is 32.3. The molecule has 5 rings (SSSR count). The van der Waals surface area contributed by atoms with Gasteiger partial charge in [0.15, 0.2) is 0 Å². The first-order valence-corrected chi connectivity index (χ1v) is 24.8. The van der Waals surface area contributed by atoms with Crippen molar-refractivity contribution in [3.8, 4) is 0 Å². The van der Waals surface area contributed by atoms with Crippen molar-refractivity contribution in [2.24, 2.45) is 0 Å². The van der Waals surface area contributed by atoms with E-state index in [1.165, 1.54) is 46.5 Å². The molecule has 0 radical (unpaired) electrons. The molecular formula is C35H43Cl2SiZr. The zero-order valence-corrected chi connectivity index (χ0v) is 29.9. The Morgan fingerprint density at radius 2 is 1.08 bits per heavy atom. The van der Waals surface area contributed by atoms with Gasteiger partial charge in [0.25, 0.3) is 0 Å². The minimum atomic E-state index is -3.03. The predicted octanol–water partition coefficient (Wildman–Crippen LogP) is 2.73. The fourth-order valence-electron chi connectivity index (χ4n) is 7.58. The van der Waals surface area contributed by atoms with Gasteiger partial charge in [0, 0.05) is 0 Å². The minimum Gasteiger partial charge on any atom is -1.00 e. The van der Waals surface area contributed by atoms with Gasteiger partial charge >= 0.3 is 232 Å². The van der Waals surface area contributed by atoms with Gasteiger partial charge in [-0.3, -0.25) is 0 Å². The van der Waals surface area contributed by atoms with E-state index in [-0.39, 0.29) is 24.8 Å².